The molecule has 28 heavy (non-hydrogen) atoms. The van der Waals surface area contributed by atoms with E-state index >= 15 is 0 Å². The van der Waals surface area contributed by atoms with E-state index in [1.807, 2.05) is 21.0 Å². The zero-order valence-electron chi connectivity index (χ0n) is 19.3. The van der Waals surface area contributed by atoms with Gasteiger partial charge >= 0.3 is 0 Å². The van der Waals surface area contributed by atoms with Crippen LogP contribution in [0.5, 0.6) is 5.88 Å². The molecule has 0 radical (unpaired) electrons. The molecule has 2 aliphatic heterocycles. The number of hydrogen-bond acceptors (Lipinski definition) is 4. The molecular formula is C23H43FN2O2. The first kappa shape index (κ1) is 26.8. The van der Waals surface area contributed by atoms with Crippen LogP contribution in [0.1, 0.15) is 84.9 Å². The molecule has 0 saturated carbocycles. The molecule has 3 heterocycles. The number of nitrogens with zero attached hydrogens (tertiary/aromatic N) is 2. The van der Waals surface area contributed by atoms with E-state index < -0.39 is 6.17 Å². The van der Waals surface area contributed by atoms with Crippen LogP contribution in [0.15, 0.2) is 18.3 Å². The van der Waals surface area contributed by atoms with Crippen molar-refractivity contribution in [2.75, 3.05) is 33.9 Å². The van der Waals surface area contributed by atoms with Crippen LogP contribution in [0.4, 0.5) is 4.39 Å². The minimum atomic E-state index is -1.03. The monoisotopic (exact) mass is 398 g/mol. The van der Waals surface area contributed by atoms with Gasteiger partial charge in [0.05, 0.1) is 13.7 Å². The van der Waals surface area contributed by atoms with Crippen LogP contribution in [0, 0.1) is 0 Å². The average Bonchev–Trinajstić information content (AvgIpc) is 3.30. The first-order chi connectivity index (χ1) is 13.5. The summed E-state index contributed by atoms with van der Waals surface area (Å²) in [4.78, 5) is 6.48. The summed E-state index contributed by atoms with van der Waals surface area (Å²) in [6.45, 7) is 13.4. The van der Waals surface area contributed by atoms with Gasteiger partial charge in [-0.25, -0.2) is 9.37 Å². The standard InChI is InChI=1S/C9H17NO.C8H10FNO.C4H10.C2H6/c1-11-8-9-4-2-6-10(9)7-3-5-9;1-6(9)7-4-3-5-10-8(7)11-2;1-3-4-2;1-2/h2-8H2,1H3;3-6H,1-2H3;3-4H2,1-2H3;1-2H3. The van der Waals surface area contributed by atoms with E-state index in [2.05, 4.69) is 23.7 Å². The molecule has 0 aliphatic carbocycles. The second-order valence-electron chi connectivity index (χ2n) is 7.07. The fourth-order valence-corrected chi connectivity index (χ4v) is 3.61. The van der Waals surface area contributed by atoms with Crippen LogP contribution >= 0.6 is 0 Å². The molecule has 2 aliphatic rings. The molecule has 1 aromatic rings. The van der Waals surface area contributed by atoms with Crippen molar-refractivity contribution in [3.63, 3.8) is 0 Å². The van der Waals surface area contributed by atoms with Crippen LogP contribution in [-0.2, 0) is 4.74 Å². The molecule has 2 fully saturated rings. The first-order valence-corrected chi connectivity index (χ1v) is 10.9. The van der Waals surface area contributed by atoms with Gasteiger partial charge in [0.25, 0.3) is 0 Å². The Balaban J connectivity index is 0.000000409. The summed E-state index contributed by atoms with van der Waals surface area (Å²) in [5.41, 5.74) is 0.962. The van der Waals surface area contributed by atoms with Gasteiger partial charge < -0.3 is 9.47 Å². The number of methoxy groups -OCH3 is 2. The Morgan fingerprint density at radius 2 is 1.71 bits per heavy atom. The Kier molecular flexibility index (Phi) is 15.0. The number of ether oxygens (including phenoxy) is 2. The molecule has 3 rings (SSSR count). The lowest BCUT2D eigenvalue weighted by molar-refractivity contribution is 0.0655. The van der Waals surface area contributed by atoms with Crippen LogP contribution < -0.4 is 4.74 Å². The molecule has 164 valence electrons. The number of fused-ring (bicyclic) bond motifs is 1. The summed E-state index contributed by atoms with van der Waals surface area (Å²) in [5.74, 6) is 0.363. The number of alkyl halides is 1. The molecule has 5 heteroatoms. The highest BCUT2D eigenvalue weighted by Gasteiger charge is 2.43. The first-order valence-electron chi connectivity index (χ1n) is 10.9. The van der Waals surface area contributed by atoms with Crippen molar-refractivity contribution in [1.82, 2.24) is 9.88 Å². The third-order valence-electron chi connectivity index (χ3n) is 5.15. The lowest BCUT2D eigenvalue weighted by Gasteiger charge is -2.30. The maximum atomic E-state index is 12.8. The zero-order valence-corrected chi connectivity index (χ0v) is 19.3. The fraction of sp³-hybridized carbons (Fsp3) is 0.783. The number of aromatic nitrogens is 1. The molecule has 1 unspecified atom stereocenters. The lowest BCUT2D eigenvalue weighted by Crippen LogP contribution is -2.42. The molecule has 4 nitrogen and oxygen atoms in total. The Bertz CT molecular complexity index is 485. The summed E-state index contributed by atoms with van der Waals surface area (Å²) in [6.07, 6.45) is 8.66. The maximum absolute atomic E-state index is 12.8. The SMILES string of the molecule is CC.CCCC.COCC12CCCN1CCC2.COc1ncccc1C(C)F. The van der Waals surface area contributed by atoms with Crippen molar-refractivity contribution in [1.29, 1.82) is 0 Å². The molecule has 1 aromatic heterocycles. The summed E-state index contributed by atoms with van der Waals surface area (Å²) in [7, 11) is 3.30. The minimum Gasteiger partial charge on any atom is -0.481 e. The highest BCUT2D eigenvalue weighted by atomic mass is 19.1. The van der Waals surface area contributed by atoms with Gasteiger partial charge in [0.15, 0.2) is 0 Å². The third kappa shape index (κ3) is 8.44. The largest absolute Gasteiger partial charge is 0.481 e. The normalized spacial score (nSPS) is 17.7. The van der Waals surface area contributed by atoms with E-state index in [9.17, 15) is 4.39 Å². The highest BCUT2D eigenvalue weighted by molar-refractivity contribution is 5.27. The van der Waals surface area contributed by atoms with Gasteiger partial charge in [-0.1, -0.05) is 40.5 Å². The molecule has 0 N–H and O–H groups in total. The smallest absolute Gasteiger partial charge is 0.219 e. The van der Waals surface area contributed by atoms with Crippen molar-refractivity contribution >= 4 is 0 Å². The van der Waals surface area contributed by atoms with E-state index in [1.54, 1.807) is 18.3 Å². The Morgan fingerprint density at radius 1 is 1.14 bits per heavy atom. The highest BCUT2D eigenvalue weighted by Crippen LogP contribution is 2.38. The summed E-state index contributed by atoms with van der Waals surface area (Å²) >= 11 is 0. The molecule has 0 aromatic carbocycles. The number of rotatable bonds is 5. The predicted molar refractivity (Wildman–Crippen MR) is 117 cm³/mol. The van der Waals surface area contributed by atoms with Gasteiger partial charge in [-0.3, -0.25) is 4.90 Å². The molecule has 1 atom stereocenters. The van der Waals surface area contributed by atoms with Crippen molar-refractivity contribution in [2.24, 2.45) is 0 Å². The average molecular weight is 399 g/mol. The quantitative estimate of drug-likeness (QED) is 0.590. The van der Waals surface area contributed by atoms with E-state index in [-0.39, 0.29) is 0 Å². The van der Waals surface area contributed by atoms with E-state index in [4.69, 9.17) is 9.47 Å². The summed E-state index contributed by atoms with van der Waals surface area (Å²) in [6, 6.07) is 3.35. The second-order valence-corrected chi connectivity index (χ2v) is 7.07. The van der Waals surface area contributed by atoms with E-state index in [0.717, 1.165) is 6.61 Å². The van der Waals surface area contributed by atoms with Crippen molar-refractivity contribution in [2.45, 2.75) is 84.9 Å². The maximum Gasteiger partial charge on any atom is 0.219 e. The molecule has 0 spiro atoms. The zero-order chi connectivity index (χ0) is 21.4. The van der Waals surface area contributed by atoms with E-state index in [1.165, 1.54) is 65.6 Å². The Morgan fingerprint density at radius 3 is 2.11 bits per heavy atom. The third-order valence-corrected chi connectivity index (χ3v) is 5.15. The Hall–Kier alpha value is -1.20. The second kappa shape index (κ2) is 15.7. The van der Waals surface area contributed by atoms with Crippen LogP contribution in [0.3, 0.4) is 0 Å². The number of halogens is 1. The van der Waals surface area contributed by atoms with Crippen molar-refractivity contribution in [3.8, 4) is 5.88 Å². The molecule has 2 saturated heterocycles. The van der Waals surface area contributed by atoms with Crippen LogP contribution in [0.25, 0.3) is 0 Å². The molecule has 0 amide bonds. The van der Waals surface area contributed by atoms with Gasteiger partial charge in [0, 0.05) is 24.4 Å². The van der Waals surface area contributed by atoms with Crippen molar-refractivity contribution in [3.05, 3.63) is 23.9 Å². The number of unbranched alkanes of at least 4 members (excludes halogenated alkanes) is 1. The van der Waals surface area contributed by atoms with Gasteiger partial charge in [-0.05, 0) is 57.8 Å². The van der Waals surface area contributed by atoms with E-state index in [0.29, 0.717) is 17.0 Å². The number of hydrogen-bond donors (Lipinski definition) is 0. The van der Waals surface area contributed by atoms with Gasteiger partial charge in [-0.15, -0.1) is 0 Å². The molecule has 0 bridgehead atoms. The van der Waals surface area contributed by atoms with Crippen molar-refractivity contribution < 1.29 is 13.9 Å². The number of pyridine rings is 1. The van der Waals surface area contributed by atoms with Gasteiger partial charge in [0.2, 0.25) is 5.88 Å². The predicted octanol–water partition coefficient (Wildman–Crippen LogP) is 6.21. The molecular weight excluding hydrogens is 355 g/mol. The lowest BCUT2D eigenvalue weighted by atomic mass is 9.95. The van der Waals surface area contributed by atoms with Crippen LogP contribution in [-0.4, -0.2) is 49.3 Å². The topological polar surface area (TPSA) is 34.6 Å². The summed E-state index contributed by atoms with van der Waals surface area (Å²) < 4.78 is 22.9. The van der Waals surface area contributed by atoms with Gasteiger partial charge in [-0.2, -0.15) is 0 Å². The summed E-state index contributed by atoms with van der Waals surface area (Å²) in [5, 5.41) is 0. The fourth-order valence-electron chi connectivity index (χ4n) is 3.61. The Labute approximate surface area is 172 Å². The minimum absolute atomic E-state index is 0.363. The van der Waals surface area contributed by atoms with Crippen LogP contribution in [0.2, 0.25) is 0 Å². The van der Waals surface area contributed by atoms with Gasteiger partial charge in [0.1, 0.15) is 6.17 Å².